The molecule has 1 aliphatic heterocycles. The smallest absolute Gasteiger partial charge is 0.411 e. The molecule has 1 aromatic heterocycles. The van der Waals surface area contributed by atoms with E-state index in [-0.39, 0.29) is 11.9 Å². The van der Waals surface area contributed by atoms with Gasteiger partial charge in [0.05, 0.1) is 6.54 Å². The normalized spacial score (nSPS) is 23.6. The predicted octanol–water partition coefficient (Wildman–Crippen LogP) is 3.77. The Hall–Kier alpha value is -2.87. The first-order valence-electron chi connectivity index (χ1n) is 9.40. The van der Waals surface area contributed by atoms with Gasteiger partial charge in [-0.25, -0.2) is 9.18 Å². The van der Waals surface area contributed by atoms with Crippen molar-refractivity contribution >= 4 is 6.09 Å². The van der Waals surface area contributed by atoms with E-state index in [0.29, 0.717) is 18.2 Å². The van der Waals surface area contributed by atoms with Gasteiger partial charge in [-0.2, -0.15) is 0 Å². The van der Waals surface area contributed by atoms with Crippen LogP contribution >= 0.6 is 0 Å². The lowest BCUT2D eigenvalue weighted by Crippen LogP contribution is -2.36. The van der Waals surface area contributed by atoms with Crippen LogP contribution in [-0.4, -0.2) is 28.6 Å². The number of hydrogen-bond donors (Lipinski definition) is 0. The number of benzene rings is 1. The molecule has 1 amide bonds. The summed E-state index contributed by atoms with van der Waals surface area (Å²) >= 11 is 0. The summed E-state index contributed by atoms with van der Waals surface area (Å²) in [6, 6.07) is 8.56. The second-order valence-electron chi connectivity index (χ2n) is 7.55. The van der Waals surface area contributed by atoms with E-state index >= 15 is 0 Å². The molecular formula is C22H19FN2O2. The fourth-order valence-electron chi connectivity index (χ4n) is 4.07. The van der Waals surface area contributed by atoms with Gasteiger partial charge >= 0.3 is 6.09 Å². The van der Waals surface area contributed by atoms with Crippen LogP contribution in [0.2, 0.25) is 0 Å². The van der Waals surface area contributed by atoms with E-state index < -0.39 is 5.60 Å². The summed E-state index contributed by atoms with van der Waals surface area (Å²) in [5.41, 5.74) is 2.74. The minimum absolute atomic E-state index is 0.207. The molecule has 0 radical (unpaired) electrons. The highest BCUT2D eigenvalue weighted by molar-refractivity contribution is 5.72. The van der Waals surface area contributed by atoms with Crippen molar-refractivity contribution in [1.82, 2.24) is 9.88 Å². The Labute approximate surface area is 157 Å². The Morgan fingerprint density at radius 3 is 2.89 bits per heavy atom. The number of halogens is 1. The summed E-state index contributed by atoms with van der Waals surface area (Å²) in [5.74, 6) is 5.75. The van der Waals surface area contributed by atoms with Gasteiger partial charge in [-0.1, -0.05) is 17.9 Å². The fraction of sp³-hybridized carbons (Fsp3) is 0.364. The number of ether oxygens (including phenoxy) is 1. The molecular weight excluding hydrogens is 343 g/mol. The number of hydrogen-bond acceptors (Lipinski definition) is 3. The number of carbonyl (C=O) groups is 1. The van der Waals surface area contributed by atoms with Crippen LogP contribution in [0.4, 0.5) is 9.18 Å². The lowest BCUT2D eigenvalue weighted by molar-refractivity contribution is 0.0389. The first-order valence-corrected chi connectivity index (χ1v) is 9.40. The third kappa shape index (κ3) is 2.95. The van der Waals surface area contributed by atoms with Crippen molar-refractivity contribution in [2.24, 2.45) is 0 Å². The van der Waals surface area contributed by atoms with Gasteiger partial charge in [0.25, 0.3) is 0 Å². The molecule has 136 valence electrons. The van der Waals surface area contributed by atoms with Gasteiger partial charge in [-0.3, -0.25) is 4.98 Å². The number of nitrogens with zero attached hydrogens (tertiary/aromatic N) is 2. The van der Waals surface area contributed by atoms with Gasteiger partial charge in [-0.05, 0) is 56.4 Å². The van der Waals surface area contributed by atoms with Crippen LogP contribution in [0.25, 0.3) is 0 Å². The molecule has 0 bridgehead atoms. The van der Waals surface area contributed by atoms with Crippen LogP contribution in [-0.2, 0) is 16.8 Å². The maximum Gasteiger partial charge on any atom is 0.411 e. The van der Waals surface area contributed by atoms with Crippen LogP contribution in [0.5, 0.6) is 0 Å². The number of rotatable bonds is 1. The number of carbonyl (C=O) groups excluding carboxylic acids is 1. The van der Waals surface area contributed by atoms with Gasteiger partial charge in [-0.15, -0.1) is 0 Å². The lowest BCUT2D eigenvalue weighted by Gasteiger charge is -2.33. The molecule has 2 fully saturated rings. The van der Waals surface area contributed by atoms with Crippen molar-refractivity contribution in [3.8, 4) is 11.8 Å². The first kappa shape index (κ1) is 16.3. The van der Waals surface area contributed by atoms with E-state index in [2.05, 4.69) is 16.8 Å². The van der Waals surface area contributed by atoms with Crippen molar-refractivity contribution in [2.45, 2.75) is 43.7 Å². The summed E-state index contributed by atoms with van der Waals surface area (Å²) < 4.78 is 19.2. The molecule has 1 aromatic carbocycles. The zero-order chi connectivity index (χ0) is 18.4. The average molecular weight is 362 g/mol. The van der Waals surface area contributed by atoms with Gasteiger partial charge in [0, 0.05) is 34.6 Å². The van der Waals surface area contributed by atoms with Crippen molar-refractivity contribution in [2.75, 3.05) is 6.54 Å². The van der Waals surface area contributed by atoms with Crippen LogP contribution in [0.1, 0.15) is 48.1 Å². The average Bonchev–Trinajstić information content (AvgIpc) is 3.45. The Bertz CT molecular complexity index is 989. The molecule has 0 N–H and O–H groups in total. The molecule has 4 nitrogen and oxygen atoms in total. The molecule has 1 unspecified atom stereocenters. The highest BCUT2D eigenvalue weighted by atomic mass is 19.1. The maximum absolute atomic E-state index is 13.3. The second-order valence-corrected chi connectivity index (χ2v) is 7.55. The van der Waals surface area contributed by atoms with Crippen LogP contribution in [0, 0.1) is 17.7 Å². The third-order valence-electron chi connectivity index (χ3n) is 5.56. The Balaban J connectivity index is 1.49. The summed E-state index contributed by atoms with van der Waals surface area (Å²) in [5, 5.41) is 0. The Morgan fingerprint density at radius 1 is 1.22 bits per heavy atom. The molecule has 5 rings (SSSR count). The van der Waals surface area contributed by atoms with Crippen molar-refractivity contribution in [3.63, 3.8) is 0 Å². The molecule has 1 atom stereocenters. The monoisotopic (exact) mass is 362 g/mol. The molecule has 1 saturated carbocycles. The molecule has 2 heterocycles. The lowest BCUT2D eigenvalue weighted by atomic mass is 9.81. The number of amides is 1. The fourth-order valence-corrected chi connectivity index (χ4v) is 4.07. The molecule has 1 spiro atoms. The van der Waals surface area contributed by atoms with Crippen molar-refractivity contribution in [3.05, 3.63) is 64.7 Å². The van der Waals surface area contributed by atoms with E-state index in [0.717, 1.165) is 48.9 Å². The number of pyridine rings is 1. The Kier molecular flexibility index (Phi) is 3.68. The maximum atomic E-state index is 13.3. The van der Waals surface area contributed by atoms with E-state index in [1.807, 2.05) is 11.0 Å². The van der Waals surface area contributed by atoms with Gasteiger partial charge < -0.3 is 9.64 Å². The molecule has 27 heavy (non-hydrogen) atoms. The summed E-state index contributed by atoms with van der Waals surface area (Å²) in [6.07, 6.45) is 6.33. The van der Waals surface area contributed by atoms with Gasteiger partial charge in [0.1, 0.15) is 5.82 Å². The SMILES string of the molecule is O=C1OC2(CCCc3ncc(C#Cc4cccc(F)c4)cc32)CN1C1CC1. The van der Waals surface area contributed by atoms with Gasteiger partial charge in [0.2, 0.25) is 0 Å². The summed E-state index contributed by atoms with van der Waals surface area (Å²) in [4.78, 5) is 18.9. The largest absolute Gasteiger partial charge is 0.436 e. The van der Waals surface area contributed by atoms with E-state index in [4.69, 9.17) is 4.74 Å². The topological polar surface area (TPSA) is 42.4 Å². The molecule has 3 aliphatic rings. The predicted molar refractivity (Wildman–Crippen MR) is 97.4 cm³/mol. The molecule has 2 aromatic rings. The number of fused-ring (bicyclic) bond motifs is 2. The number of aryl methyl sites for hydroxylation is 1. The molecule has 2 aliphatic carbocycles. The number of aromatic nitrogens is 1. The van der Waals surface area contributed by atoms with Crippen LogP contribution < -0.4 is 0 Å². The molecule has 1 saturated heterocycles. The zero-order valence-electron chi connectivity index (χ0n) is 14.9. The van der Waals surface area contributed by atoms with E-state index in [1.165, 1.54) is 12.1 Å². The molecule has 5 heteroatoms. The first-order chi connectivity index (χ1) is 13.1. The van der Waals surface area contributed by atoms with E-state index in [9.17, 15) is 9.18 Å². The Morgan fingerprint density at radius 2 is 2.07 bits per heavy atom. The summed E-state index contributed by atoms with van der Waals surface area (Å²) in [7, 11) is 0. The van der Waals surface area contributed by atoms with Crippen LogP contribution in [0.15, 0.2) is 36.5 Å². The second kappa shape index (κ2) is 6.09. The van der Waals surface area contributed by atoms with Crippen molar-refractivity contribution in [1.29, 1.82) is 0 Å². The van der Waals surface area contributed by atoms with Crippen molar-refractivity contribution < 1.29 is 13.9 Å². The minimum atomic E-state index is -0.600. The zero-order valence-corrected chi connectivity index (χ0v) is 14.9. The summed E-state index contributed by atoms with van der Waals surface area (Å²) in [6.45, 7) is 0.603. The highest BCUT2D eigenvalue weighted by Crippen LogP contribution is 2.45. The van der Waals surface area contributed by atoms with Gasteiger partial charge in [0.15, 0.2) is 5.60 Å². The van der Waals surface area contributed by atoms with Crippen LogP contribution in [0.3, 0.4) is 0 Å². The third-order valence-corrected chi connectivity index (χ3v) is 5.56. The standard InChI is InChI=1S/C22H19FN2O2/c23-17-4-1-3-15(11-17)6-7-16-12-19-20(24-13-16)5-2-10-22(19)14-25(18-8-9-18)21(26)27-22/h1,3-4,11-13,18H,2,5,8-10,14H2. The minimum Gasteiger partial charge on any atom is -0.436 e. The quantitative estimate of drug-likeness (QED) is 0.726. The highest BCUT2D eigenvalue weighted by Gasteiger charge is 2.52. The van der Waals surface area contributed by atoms with E-state index in [1.54, 1.807) is 18.3 Å².